The number of aromatic nitrogens is 2. The normalized spacial score (nSPS) is 11.9. The lowest BCUT2D eigenvalue weighted by molar-refractivity contribution is 0.0958. The molecule has 2 aromatic carbocycles. The number of anilines is 1. The summed E-state index contributed by atoms with van der Waals surface area (Å²) in [5.74, 6) is -0.672. The van der Waals surface area contributed by atoms with Gasteiger partial charge in [-0.25, -0.2) is 4.98 Å². The molecule has 2 heterocycles. The fraction of sp³-hybridized carbons (Fsp3) is 0.125. The van der Waals surface area contributed by atoms with Crippen LogP contribution in [0.3, 0.4) is 0 Å². The number of amides is 1. The molecule has 1 amide bonds. The summed E-state index contributed by atoms with van der Waals surface area (Å²) in [4.78, 5) is 29.7. The molecule has 0 bridgehead atoms. The van der Waals surface area contributed by atoms with Gasteiger partial charge in [0.15, 0.2) is 5.78 Å². The Morgan fingerprint density at radius 2 is 1.80 bits per heavy atom. The number of rotatable bonds is 7. The monoisotopic (exact) mass is 399 g/mol. The predicted octanol–water partition coefficient (Wildman–Crippen LogP) is 3.94. The van der Waals surface area contributed by atoms with Crippen molar-refractivity contribution in [3.63, 3.8) is 0 Å². The number of aliphatic hydroxyl groups excluding tert-OH is 1. The van der Waals surface area contributed by atoms with Gasteiger partial charge in [-0.3, -0.25) is 14.0 Å². The second-order valence-corrected chi connectivity index (χ2v) is 7.02. The van der Waals surface area contributed by atoms with Gasteiger partial charge >= 0.3 is 0 Å². The van der Waals surface area contributed by atoms with Crippen LogP contribution in [0.4, 0.5) is 5.69 Å². The number of hydrogen-bond acceptors (Lipinski definition) is 4. The molecule has 4 rings (SSSR count). The van der Waals surface area contributed by atoms with Crippen LogP contribution in [0.1, 0.15) is 38.7 Å². The molecule has 30 heavy (non-hydrogen) atoms. The summed E-state index contributed by atoms with van der Waals surface area (Å²) < 4.78 is 1.70. The molecule has 6 nitrogen and oxygen atoms in total. The Morgan fingerprint density at radius 3 is 2.60 bits per heavy atom. The summed E-state index contributed by atoms with van der Waals surface area (Å²) in [5.41, 5.74) is 3.03. The van der Waals surface area contributed by atoms with Crippen molar-refractivity contribution in [2.45, 2.75) is 12.3 Å². The van der Waals surface area contributed by atoms with Gasteiger partial charge in [-0.1, -0.05) is 48.5 Å². The smallest absolute Gasteiger partial charge is 0.274 e. The van der Waals surface area contributed by atoms with Gasteiger partial charge in [0.25, 0.3) is 5.91 Å². The topological polar surface area (TPSA) is 83.7 Å². The predicted molar refractivity (Wildman–Crippen MR) is 115 cm³/mol. The fourth-order valence-corrected chi connectivity index (χ4v) is 3.42. The number of fused-ring (bicyclic) bond motifs is 1. The maximum Gasteiger partial charge on any atom is 0.274 e. The van der Waals surface area contributed by atoms with Gasteiger partial charge in [-0.15, -0.1) is 0 Å². The molecule has 0 aliphatic rings. The first-order chi connectivity index (χ1) is 14.7. The lowest BCUT2D eigenvalue weighted by Gasteiger charge is -2.14. The van der Waals surface area contributed by atoms with Gasteiger partial charge in [0.1, 0.15) is 11.3 Å². The molecule has 0 aliphatic heterocycles. The first-order valence-electron chi connectivity index (χ1n) is 9.68. The van der Waals surface area contributed by atoms with Crippen molar-refractivity contribution < 1.29 is 14.7 Å². The van der Waals surface area contributed by atoms with Crippen LogP contribution in [0, 0.1) is 0 Å². The zero-order valence-electron chi connectivity index (χ0n) is 16.2. The molecule has 0 radical (unpaired) electrons. The number of pyridine rings is 1. The third-order valence-corrected chi connectivity index (χ3v) is 5.02. The van der Waals surface area contributed by atoms with Gasteiger partial charge in [-0.2, -0.15) is 0 Å². The van der Waals surface area contributed by atoms with E-state index in [4.69, 9.17) is 0 Å². The lowest BCUT2D eigenvalue weighted by Crippen LogP contribution is -2.15. The average molecular weight is 399 g/mol. The van der Waals surface area contributed by atoms with Crippen molar-refractivity contribution in [2.75, 3.05) is 11.9 Å². The van der Waals surface area contributed by atoms with E-state index >= 15 is 0 Å². The number of Topliss-reactive ketones (excluding diaryl/α,β-unsaturated/α-hetero) is 1. The van der Waals surface area contributed by atoms with Crippen molar-refractivity contribution in [2.24, 2.45) is 0 Å². The Kier molecular flexibility index (Phi) is 5.68. The minimum atomic E-state index is -0.309. The zero-order chi connectivity index (χ0) is 20.9. The van der Waals surface area contributed by atoms with E-state index in [1.807, 2.05) is 48.5 Å². The summed E-state index contributed by atoms with van der Waals surface area (Å²) in [6, 6.07) is 21.8. The number of hydrogen-bond donors (Lipinski definition) is 2. The summed E-state index contributed by atoms with van der Waals surface area (Å²) in [6.07, 6.45) is 3.48. The van der Waals surface area contributed by atoms with Gasteiger partial charge in [0.05, 0.1) is 12.8 Å². The van der Waals surface area contributed by atoms with Crippen LogP contribution in [0.15, 0.2) is 85.2 Å². The van der Waals surface area contributed by atoms with Crippen molar-refractivity contribution in [1.29, 1.82) is 0 Å². The molecular formula is C24H21N3O3. The molecule has 1 unspecified atom stereocenters. The van der Waals surface area contributed by atoms with E-state index in [9.17, 15) is 14.7 Å². The lowest BCUT2D eigenvalue weighted by atomic mass is 9.92. The Morgan fingerprint density at radius 1 is 1.00 bits per heavy atom. The molecule has 0 aliphatic carbocycles. The van der Waals surface area contributed by atoms with Crippen LogP contribution >= 0.6 is 0 Å². The maximum absolute atomic E-state index is 12.8. The third kappa shape index (κ3) is 4.14. The summed E-state index contributed by atoms with van der Waals surface area (Å²) >= 11 is 0. The summed E-state index contributed by atoms with van der Waals surface area (Å²) in [5, 5.41) is 12.6. The first kappa shape index (κ1) is 19.5. The minimum absolute atomic E-state index is 0.0937. The number of benzene rings is 2. The van der Waals surface area contributed by atoms with Crippen LogP contribution in [-0.2, 0) is 0 Å². The number of aliphatic hydroxyl groups is 1. The minimum Gasteiger partial charge on any atom is -0.396 e. The number of ketones is 1. The van der Waals surface area contributed by atoms with Crippen LogP contribution in [-0.4, -0.2) is 32.8 Å². The van der Waals surface area contributed by atoms with Crippen molar-refractivity contribution in [3.05, 3.63) is 102 Å². The molecule has 0 saturated carbocycles. The van der Waals surface area contributed by atoms with Crippen molar-refractivity contribution in [1.82, 2.24) is 9.38 Å². The van der Waals surface area contributed by atoms with Gasteiger partial charge in [0, 0.05) is 29.8 Å². The molecule has 4 aromatic rings. The van der Waals surface area contributed by atoms with Crippen molar-refractivity contribution in [3.8, 4) is 0 Å². The fourth-order valence-electron chi connectivity index (χ4n) is 3.42. The number of carbonyl (C=O) groups is 2. The Balaban J connectivity index is 1.49. The van der Waals surface area contributed by atoms with E-state index in [1.165, 1.54) is 6.20 Å². The van der Waals surface area contributed by atoms with E-state index in [-0.39, 0.29) is 30.6 Å². The molecule has 1 atom stereocenters. The van der Waals surface area contributed by atoms with Gasteiger partial charge in [-0.05, 0) is 29.8 Å². The van der Waals surface area contributed by atoms with E-state index in [1.54, 1.807) is 34.9 Å². The highest BCUT2D eigenvalue weighted by Crippen LogP contribution is 2.22. The van der Waals surface area contributed by atoms with Crippen LogP contribution in [0.5, 0.6) is 0 Å². The molecule has 0 saturated heterocycles. The van der Waals surface area contributed by atoms with E-state index in [0.717, 1.165) is 5.56 Å². The van der Waals surface area contributed by atoms with E-state index in [2.05, 4.69) is 10.3 Å². The Hall–Kier alpha value is -3.77. The highest BCUT2D eigenvalue weighted by Gasteiger charge is 2.17. The summed E-state index contributed by atoms with van der Waals surface area (Å²) in [7, 11) is 0. The Labute approximate surface area is 173 Å². The quantitative estimate of drug-likeness (QED) is 0.461. The van der Waals surface area contributed by atoms with E-state index in [0.29, 0.717) is 22.6 Å². The standard InChI is InChI=1S/C24H21N3O3/c28-16-19(17-7-2-1-3-8-17)14-22(29)18-9-6-10-20(13-18)26-24(30)21-15-25-23-11-4-5-12-27(21)23/h1-13,15,19,28H,14,16H2,(H,26,30). The highest BCUT2D eigenvalue weighted by molar-refractivity contribution is 6.04. The summed E-state index contributed by atoms with van der Waals surface area (Å²) in [6.45, 7) is -0.111. The zero-order valence-corrected chi connectivity index (χ0v) is 16.2. The van der Waals surface area contributed by atoms with Gasteiger partial charge < -0.3 is 10.4 Å². The Bertz CT molecular complexity index is 1180. The van der Waals surface area contributed by atoms with Crippen LogP contribution in [0.25, 0.3) is 5.65 Å². The highest BCUT2D eigenvalue weighted by atomic mass is 16.3. The SMILES string of the molecule is O=C(CC(CO)c1ccccc1)c1cccc(NC(=O)c2cnc3ccccn23)c1. The number of imidazole rings is 1. The number of nitrogens with zero attached hydrogens (tertiary/aromatic N) is 2. The average Bonchev–Trinajstić information content (AvgIpc) is 3.22. The molecule has 150 valence electrons. The van der Waals surface area contributed by atoms with E-state index < -0.39 is 0 Å². The van der Waals surface area contributed by atoms with Crippen LogP contribution < -0.4 is 5.32 Å². The number of nitrogens with one attached hydrogen (secondary N) is 1. The van der Waals surface area contributed by atoms with Crippen molar-refractivity contribution >= 4 is 23.0 Å². The molecule has 0 fully saturated rings. The molecule has 6 heteroatoms. The largest absolute Gasteiger partial charge is 0.396 e. The second kappa shape index (κ2) is 8.71. The third-order valence-electron chi connectivity index (χ3n) is 5.02. The number of carbonyl (C=O) groups excluding carboxylic acids is 2. The first-order valence-corrected chi connectivity index (χ1v) is 9.68. The maximum atomic E-state index is 12.8. The molecule has 2 aromatic heterocycles. The second-order valence-electron chi connectivity index (χ2n) is 7.02. The molecular weight excluding hydrogens is 378 g/mol. The van der Waals surface area contributed by atoms with Gasteiger partial charge in [0.2, 0.25) is 0 Å². The van der Waals surface area contributed by atoms with Crippen LogP contribution in [0.2, 0.25) is 0 Å². The molecule has 0 spiro atoms. The molecule has 2 N–H and O–H groups in total.